The number of hydrogen-bond donors (Lipinski definition) is 3. The Bertz CT molecular complexity index is 1450. The summed E-state index contributed by atoms with van der Waals surface area (Å²) in [7, 11) is -3.58. The number of carbonyl (C=O) groups excluding carboxylic acids is 1. The molecule has 2 amide bonds. The second-order valence-electron chi connectivity index (χ2n) is 13.9. The van der Waals surface area contributed by atoms with Crippen molar-refractivity contribution in [2.75, 3.05) is 31.9 Å². The first-order valence-electron chi connectivity index (χ1n) is 15.8. The molecule has 0 unspecified atom stereocenters. The molecule has 1 aromatic heterocycles. The summed E-state index contributed by atoms with van der Waals surface area (Å²) in [4.78, 5) is 33.6. The first-order chi connectivity index (χ1) is 20.5. The molecule has 0 radical (unpaired) electrons. The summed E-state index contributed by atoms with van der Waals surface area (Å²) in [6.45, 7) is 5.83. The van der Waals surface area contributed by atoms with Crippen LogP contribution in [0.2, 0.25) is 0 Å². The SMILES string of the molecule is CC1(C)[C@@H]2CC[C@@]1(CS(=O)(=O)N1CCC3(CCc4ccccc43)CC1)[C@@H](NC(=O)N(CCC(=O)O)CCc1cnc[nH]1)C2. The highest BCUT2D eigenvalue weighted by Gasteiger charge is 2.66. The molecule has 1 aromatic carbocycles. The van der Waals surface area contributed by atoms with E-state index >= 15 is 0 Å². The minimum atomic E-state index is -3.58. The van der Waals surface area contributed by atoms with Gasteiger partial charge >= 0.3 is 12.0 Å². The third kappa shape index (κ3) is 5.36. The Morgan fingerprint density at radius 2 is 1.91 bits per heavy atom. The van der Waals surface area contributed by atoms with Gasteiger partial charge < -0.3 is 20.3 Å². The second kappa shape index (κ2) is 11.2. The lowest BCUT2D eigenvalue weighted by atomic mass is 9.69. The van der Waals surface area contributed by atoms with E-state index < -0.39 is 21.4 Å². The molecule has 4 aliphatic rings. The average molecular weight is 612 g/mol. The number of aromatic amines is 1. The van der Waals surface area contributed by atoms with Crippen molar-refractivity contribution in [2.24, 2.45) is 16.7 Å². The van der Waals surface area contributed by atoms with Gasteiger partial charge in [0.25, 0.3) is 0 Å². The number of benzene rings is 1. The van der Waals surface area contributed by atoms with Crippen LogP contribution in [0.4, 0.5) is 4.79 Å². The van der Waals surface area contributed by atoms with Crippen molar-refractivity contribution in [3.8, 4) is 0 Å². The van der Waals surface area contributed by atoms with E-state index in [0.717, 1.165) is 50.6 Å². The minimum Gasteiger partial charge on any atom is -0.481 e. The Hall–Kier alpha value is -2.92. The fourth-order valence-electron chi connectivity index (χ4n) is 8.98. The normalized spacial score (nSPS) is 27.3. The van der Waals surface area contributed by atoms with Gasteiger partial charge in [-0.3, -0.25) is 4.79 Å². The maximum absolute atomic E-state index is 14.2. The van der Waals surface area contributed by atoms with Gasteiger partial charge in [-0.05, 0) is 72.8 Å². The molecule has 234 valence electrons. The Balaban J connectivity index is 1.17. The van der Waals surface area contributed by atoms with Gasteiger partial charge in [0.05, 0.1) is 18.5 Å². The molecule has 2 bridgehead atoms. The number of hydrogen-bond acceptors (Lipinski definition) is 5. The summed E-state index contributed by atoms with van der Waals surface area (Å²) in [5, 5.41) is 12.5. The van der Waals surface area contributed by atoms with Gasteiger partial charge in [-0.2, -0.15) is 0 Å². The number of urea groups is 1. The summed E-state index contributed by atoms with van der Waals surface area (Å²) < 4.78 is 30.1. The van der Waals surface area contributed by atoms with Crippen molar-refractivity contribution in [3.63, 3.8) is 0 Å². The quantitative estimate of drug-likeness (QED) is 0.373. The monoisotopic (exact) mass is 611 g/mol. The largest absolute Gasteiger partial charge is 0.481 e. The van der Waals surface area contributed by atoms with Crippen molar-refractivity contribution in [1.82, 2.24) is 24.5 Å². The summed E-state index contributed by atoms with van der Waals surface area (Å²) in [5.74, 6) is -0.612. The fraction of sp³-hybridized carbons (Fsp3) is 0.656. The molecule has 10 nitrogen and oxygen atoms in total. The molecule has 6 rings (SSSR count). The highest BCUT2D eigenvalue weighted by molar-refractivity contribution is 7.89. The number of imidazole rings is 1. The molecule has 1 saturated heterocycles. The van der Waals surface area contributed by atoms with Crippen LogP contribution in [0, 0.1) is 16.7 Å². The van der Waals surface area contributed by atoms with Gasteiger partial charge in [0.15, 0.2) is 0 Å². The molecular formula is C32H45N5O5S. The van der Waals surface area contributed by atoms with E-state index in [-0.39, 0.29) is 41.6 Å². The molecule has 11 heteroatoms. The third-order valence-electron chi connectivity index (χ3n) is 11.8. The van der Waals surface area contributed by atoms with E-state index in [4.69, 9.17) is 0 Å². The molecule has 1 aliphatic heterocycles. The van der Waals surface area contributed by atoms with E-state index in [9.17, 15) is 23.1 Å². The maximum atomic E-state index is 14.2. The number of carbonyl (C=O) groups is 2. The van der Waals surface area contributed by atoms with Crippen LogP contribution >= 0.6 is 0 Å². The molecule has 2 aromatic rings. The number of H-pyrrole nitrogens is 1. The average Bonchev–Trinajstić information content (AvgIpc) is 3.71. The van der Waals surface area contributed by atoms with Crippen LogP contribution in [-0.2, 0) is 33.1 Å². The number of rotatable bonds is 10. The molecule has 3 aliphatic carbocycles. The predicted octanol–water partition coefficient (Wildman–Crippen LogP) is 3.94. The van der Waals surface area contributed by atoms with Gasteiger partial charge in [0.1, 0.15) is 0 Å². The van der Waals surface area contributed by atoms with Crippen molar-refractivity contribution in [1.29, 1.82) is 0 Å². The lowest BCUT2D eigenvalue weighted by molar-refractivity contribution is -0.137. The Kier molecular flexibility index (Phi) is 7.86. The number of nitrogens with zero attached hydrogens (tertiary/aromatic N) is 3. The second-order valence-corrected chi connectivity index (χ2v) is 15.9. The minimum absolute atomic E-state index is 0.0291. The Morgan fingerprint density at radius 3 is 2.60 bits per heavy atom. The van der Waals surface area contributed by atoms with Crippen LogP contribution in [0.5, 0.6) is 0 Å². The smallest absolute Gasteiger partial charge is 0.317 e. The van der Waals surface area contributed by atoms with Crippen LogP contribution < -0.4 is 5.32 Å². The third-order valence-corrected chi connectivity index (χ3v) is 13.8. The van der Waals surface area contributed by atoms with Gasteiger partial charge in [0.2, 0.25) is 10.0 Å². The molecule has 3 N–H and O–H groups in total. The summed E-state index contributed by atoms with van der Waals surface area (Å²) >= 11 is 0. The van der Waals surface area contributed by atoms with Crippen LogP contribution in [0.25, 0.3) is 0 Å². The van der Waals surface area contributed by atoms with E-state index in [1.807, 2.05) is 0 Å². The summed E-state index contributed by atoms with van der Waals surface area (Å²) in [6.07, 6.45) is 9.92. The number of carboxylic acids is 1. The zero-order valence-electron chi connectivity index (χ0n) is 25.3. The van der Waals surface area contributed by atoms with Crippen molar-refractivity contribution in [3.05, 3.63) is 53.6 Å². The molecule has 3 atom stereocenters. The Morgan fingerprint density at radius 1 is 1.14 bits per heavy atom. The molecular weight excluding hydrogens is 566 g/mol. The fourth-order valence-corrected chi connectivity index (χ4v) is 11.3. The molecule has 43 heavy (non-hydrogen) atoms. The van der Waals surface area contributed by atoms with E-state index in [1.54, 1.807) is 21.7 Å². The maximum Gasteiger partial charge on any atom is 0.317 e. The van der Waals surface area contributed by atoms with Crippen molar-refractivity contribution >= 4 is 22.0 Å². The van der Waals surface area contributed by atoms with Crippen LogP contribution in [-0.4, -0.2) is 82.7 Å². The zero-order valence-corrected chi connectivity index (χ0v) is 26.2. The van der Waals surface area contributed by atoms with Gasteiger partial charge in [0, 0.05) is 55.9 Å². The highest BCUT2D eigenvalue weighted by atomic mass is 32.2. The summed E-state index contributed by atoms with van der Waals surface area (Å²) in [6, 6.07) is 8.01. The lowest BCUT2D eigenvalue weighted by Gasteiger charge is -2.45. The van der Waals surface area contributed by atoms with Gasteiger partial charge in [-0.15, -0.1) is 0 Å². The number of sulfonamides is 1. The number of amides is 2. The first kappa shape index (κ1) is 30.1. The van der Waals surface area contributed by atoms with E-state index in [0.29, 0.717) is 32.0 Å². The summed E-state index contributed by atoms with van der Waals surface area (Å²) in [5.41, 5.74) is 2.93. The number of aryl methyl sites for hydroxylation is 1. The highest BCUT2D eigenvalue weighted by Crippen LogP contribution is 2.66. The number of aromatic nitrogens is 2. The number of nitrogens with one attached hydrogen (secondary N) is 2. The van der Waals surface area contributed by atoms with E-state index in [2.05, 4.69) is 53.4 Å². The number of piperidine rings is 1. The molecule has 3 fully saturated rings. The predicted molar refractivity (Wildman–Crippen MR) is 163 cm³/mol. The lowest BCUT2D eigenvalue weighted by Crippen LogP contribution is -2.57. The van der Waals surface area contributed by atoms with Crippen LogP contribution in [0.3, 0.4) is 0 Å². The van der Waals surface area contributed by atoms with Gasteiger partial charge in [-0.1, -0.05) is 38.1 Å². The standard InChI is InChI=1S/C32H45N5O5S/c1-30(2)24-8-12-32(30,27(19-24)35-29(40)36(16-10-28(38)39)15-9-25-20-33-22-34-25)21-43(41,42)37-17-13-31(14-18-37)11-7-23-5-3-4-6-26(23)31/h3-6,20,22,24,27H,7-19,21H2,1-2H3,(H,33,34)(H,35,40)(H,38,39)/t24-,27+,32-/m1/s1. The van der Waals surface area contributed by atoms with Crippen LogP contribution in [0.1, 0.15) is 75.6 Å². The van der Waals surface area contributed by atoms with Crippen molar-refractivity contribution < 1.29 is 23.1 Å². The first-order valence-corrected chi connectivity index (χ1v) is 17.4. The van der Waals surface area contributed by atoms with Gasteiger partial charge in [-0.25, -0.2) is 22.5 Å². The molecule has 1 spiro atoms. The zero-order chi connectivity index (χ0) is 30.5. The van der Waals surface area contributed by atoms with Crippen LogP contribution in [0.15, 0.2) is 36.8 Å². The topological polar surface area (TPSA) is 136 Å². The van der Waals surface area contributed by atoms with E-state index in [1.165, 1.54) is 11.1 Å². The van der Waals surface area contributed by atoms with Crippen molar-refractivity contribution in [2.45, 2.75) is 83.1 Å². The molecule has 2 saturated carbocycles. The number of carboxylic acid groups (broad SMARTS) is 1. The Labute approximate surface area is 254 Å². The number of fused-ring (bicyclic) bond motifs is 4. The number of aliphatic carboxylic acids is 1. The molecule has 2 heterocycles.